The number of thiophene rings is 1. The topological polar surface area (TPSA) is 186 Å². The zero-order chi connectivity index (χ0) is 39.7. The summed E-state index contributed by atoms with van der Waals surface area (Å²) >= 11 is 1.41. The molecule has 3 N–H and O–H groups in total. The summed E-state index contributed by atoms with van der Waals surface area (Å²) in [7, 11) is -3.96. The van der Waals surface area contributed by atoms with Gasteiger partial charge in [0, 0.05) is 12.3 Å². The van der Waals surface area contributed by atoms with Crippen LogP contribution in [0, 0.1) is 5.92 Å². The van der Waals surface area contributed by atoms with Crippen molar-refractivity contribution in [1.29, 1.82) is 0 Å². The Kier molecular flexibility index (Phi) is 11.3. The predicted molar refractivity (Wildman–Crippen MR) is 198 cm³/mol. The van der Waals surface area contributed by atoms with Crippen molar-refractivity contribution in [2.75, 3.05) is 13.2 Å². The second-order valence-electron chi connectivity index (χ2n) is 14.5. The molecule has 300 valence electrons. The van der Waals surface area contributed by atoms with Gasteiger partial charge in [-0.05, 0) is 62.1 Å². The number of nitrogens with zero attached hydrogens (tertiary/aromatic N) is 3. The molecule has 2 aliphatic carbocycles. The second kappa shape index (κ2) is 16.0. The lowest BCUT2D eigenvalue weighted by molar-refractivity contribution is -0.142. The van der Waals surface area contributed by atoms with Gasteiger partial charge in [-0.1, -0.05) is 43.2 Å². The van der Waals surface area contributed by atoms with Crippen LogP contribution in [0.3, 0.4) is 0 Å². The second-order valence-corrected chi connectivity index (χ2v) is 17.4. The van der Waals surface area contributed by atoms with Crippen molar-refractivity contribution in [2.45, 2.75) is 99.4 Å². The number of halogens is 3. The average Bonchev–Trinajstić information content (AvgIpc) is 4.01. The highest BCUT2D eigenvalue weighted by molar-refractivity contribution is 7.91. The molecule has 0 bridgehead atoms. The van der Waals surface area contributed by atoms with Gasteiger partial charge in [0.05, 0.1) is 34.1 Å². The number of hydrogen-bond donors (Lipinski definition) is 3. The maximum Gasteiger partial charge on any atom is 0.407 e. The number of carbonyl (C=O) groups excluding carboxylic acids is 4. The van der Waals surface area contributed by atoms with E-state index in [1.54, 1.807) is 18.2 Å². The van der Waals surface area contributed by atoms with Gasteiger partial charge in [-0.3, -0.25) is 19.1 Å². The fourth-order valence-electron chi connectivity index (χ4n) is 7.09. The normalized spacial score (nSPS) is 26.5. The number of fused-ring (bicyclic) bond motifs is 3. The first kappa shape index (κ1) is 39.5. The molecule has 1 saturated heterocycles. The van der Waals surface area contributed by atoms with Crippen LogP contribution in [0.5, 0.6) is 5.88 Å². The number of hydrogen-bond acceptors (Lipinski definition) is 11. The Morgan fingerprint density at radius 2 is 1.80 bits per heavy atom. The molecule has 4 aliphatic rings. The maximum atomic E-state index is 14.4. The van der Waals surface area contributed by atoms with Crippen LogP contribution in [-0.4, -0.2) is 95.4 Å². The molecule has 14 nitrogen and oxygen atoms in total. The van der Waals surface area contributed by atoms with E-state index in [0.29, 0.717) is 55.3 Å². The highest BCUT2D eigenvalue weighted by Gasteiger charge is 2.62. The number of rotatable bonds is 9. The van der Waals surface area contributed by atoms with Crippen LogP contribution in [0.25, 0.3) is 21.6 Å². The van der Waals surface area contributed by atoms with Crippen LogP contribution < -0.4 is 20.1 Å². The van der Waals surface area contributed by atoms with Crippen LogP contribution in [-0.2, 0) is 29.1 Å². The number of para-hydroxylation sites is 2. The molecule has 19 heteroatoms. The van der Waals surface area contributed by atoms with Crippen LogP contribution in [0.15, 0.2) is 53.9 Å². The minimum absolute atomic E-state index is 0.0860. The number of benzene rings is 1. The SMILES string of the molecule is O=C(N[C@H]1CCCCC/C=C\[C@@H]2C[C@@]2(C(=O)NS(=O)(=O)C2CC2)NC(=O)[C@@H]2C[C@@H](Oc3nc4ccccc4nc3-c3cccs3)CN2C1=O)OCCC(F)(F)F. The van der Waals surface area contributed by atoms with Crippen molar-refractivity contribution in [3.8, 4) is 16.5 Å². The van der Waals surface area contributed by atoms with Gasteiger partial charge in [0.25, 0.3) is 5.91 Å². The Labute approximate surface area is 324 Å². The monoisotopic (exact) mass is 818 g/mol. The van der Waals surface area contributed by atoms with Crippen molar-refractivity contribution >= 4 is 56.2 Å². The summed E-state index contributed by atoms with van der Waals surface area (Å²) in [4.78, 5) is 66.7. The van der Waals surface area contributed by atoms with Gasteiger partial charge in [-0.15, -0.1) is 11.3 Å². The Hall–Kier alpha value is -4.78. The maximum absolute atomic E-state index is 14.4. The van der Waals surface area contributed by atoms with Crippen LogP contribution >= 0.6 is 11.3 Å². The fourth-order valence-corrected chi connectivity index (χ4v) is 9.16. The highest BCUT2D eigenvalue weighted by atomic mass is 32.2. The van der Waals surface area contributed by atoms with Gasteiger partial charge >= 0.3 is 12.3 Å². The number of carbonyl (C=O) groups is 4. The number of allylic oxidation sites excluding steroid dienone is 1. The van der Waals surface area contributed by atoms with E-state index >= 15 is 0 Å². The zero-order valence-corrected chi connectivity index (χ0v) is 31.8. The van der Waals surface area contributed by atoms with Crippen molar-refractivity contribution in [1.82, 2.24) is 30.2 Å². The summed E-state index contributed by atoms with van der Waals surface area (Å²) < 4.78 is 77.3. The molecule has 0 radical (unpaired) electrons. The number of ether oxygens (including phenoxy) is 2. The van der Waals surface area contributed by atoms with Crippen molar-refractivity contribution in [3.05, 3.63) is 53.9 Å². The fraction of sp³-hybridized carbons (Fsp3) is 0.514. The third-order valence-electron chi connectivity index (χ3n) is 10.3. The van der Waals surface area contributed by atoms with Crippen LogP contribution in [0.2, 0.25) is 0 Å². The molecule has 4 heterocycles. The molecule has 3 fully saturated rings. The Morgan fingerprint density at radius 1 is 1.04 bits per heavy atom. The lowest BCUT2D eigenvalue weighted by Gasteiger charge is -2.29. The van der Waals surface area contributed by atoms with E-state index < -0.39 is 87.9 Å². The summed E-state index contributed by atoms with van der Waals surface area (Å²) in [6, 6.07) is 8.35. The van der Waals surface area contributed by atoms with Gasteiger partial charge in [0.2, 0.25) is 27.7 Å². The summed E-state index contributed by atoms with van der Waals surface area (Å²) in [6.07, 6.45) is -1.03. The van der Waals surface area contributed by atoms with E-state index in [1.165, 1.54) is 16.2 Å². The van der Waals surface area contributed by atoms with Crippen molar-refractivity contribution in [3.63, 3.8) is 0 Å². The lowest BCUT2D eigenvalue weighted by atomic mass is 10.1. The molecule has 0 spiro atoms. The standard InChI is InChI=1S/C37H41F3N6O8S2/c38-37(39,40)16-17-53-35(50)43-27-12-5-3-1-2-4-9-22-20-36(22,34(49)45-56(51,52)24-14-15-24)44-31(47)28-19-23(21-46(28)33(27)48)54-32-30(29-13-8-18-55-29)41-25-10-6-7-11-26(25)42-32/h4,6-11,13,18,22-24,27-28H,1-3,5,12,14-17,19-21H2,(H,43,50)(H,44,47)(H,45,49)/b9-4-/t22-,23-,27+,28+,36-/m1/s1. The molecule has 2 aliphatic heterocycles. The molecule has 4 amide bonds. The smallest absolute Gasteiger partial charge is 0.407 e. The number of nitrogens with one attached hydrogen (secondary N) is 3. The lowest BCUT2D eigenvalue weighted by Crippen LogP contribution is -2.58. The molecule has 7 rings (SSSR count). The van der Waals surface area contributed by atoms with E-state index in [1.807, 2.05) is 35.7 Å². The zero-order valence-electron chi connectivity index (χ0n) is 30.1. The quantitative estimate of drug-likeness (QED) is 0.255. The van der Waals surface area contributed by atoms with Crippen LogP contribution in [0.1, 0.15) is 64.2 Å². The molecule has 3 aromatic rings. The Balaban J connectivity index is 1.19. The summed E-state index contributed by atoms with van der Waals surface area (Å²) in [5.74, 6) is -2.67. The largest absolute Gasteiger partial charge is 0.471 e. The average molecular weight is 819 g/mol. The van der Waals surface area contributed by atoms with Gasteiger partial charge in [-0.2, -0.15) is 13.2 Å². The van der Waals surface area contributed by atoms with E-state index in [4.69, 9.17) is 19.4 Å². The van der Waals surface area contributed by atoms with Gasteiger partial charge < -0.3 is 25.0 Å². The number of alkyl carbamates (subject to hydrolysis) is 1. The number of amides is 4. The highest BCUT2D eigenvalue weighted by Crippen LogP contribution is 2.46. The first-order valence-corrected chi connectivity index (χ1v) is 21.0. The molecule has 0 unspecified atom stereocenters. The molecular weight excluding hydrogens is 778 g/mol. The summed E-state index contributed by atoms with van der Waals surface area (Å²) in [5, 5.41) is 6.39. The first-order valence-electron chi connectivity index (χ1n) is 18.5. The third kappa shape index (κ3) is 9.09. The van der Waals surface area contributed by atoms with Gasteiger partial charge in [-0.25, -0.2) is 23.2 Å². The Bertz CT molecular complexity index is 2110. The molecular formula is C37H41F3N6O8S2. The minimum Gasteiger partial charge on any atom is -0.471 e. The number of aromatic nitrogens is 2. The summed E-state index contributed by atoms with van der Waals surface area (Å²) in [5.41, 5.74) is 0.00701. The molecule has 1 aromatic carbocycles. The molecule has 2 saturated carbocycles. The van der Waals surface area contributed by atoms with E-state index in [2.05, 4.69) is 15.4 Å². The van der Waals surface area contributed by atoms with Gasteiger partial charge in [0.1, 0.15) is 36.0 Å². The number of sulfonamides is 1. The summed E-state index contributed by atoms with van der Waals surface area (Å²) in [6.45, 7) is -1.12. The predicted octanol–water partition coefficient (Wildman–Crippen LogP) is 4.76. The van der Waals surface area contributed by atoms with Crippen molar-refractivity contribution < 1.29 is 50.2 Å². The van der Waals surface area contributed by atoms with Crippen molar-refractivity contribution in [2.24, 2.45) is 5.92 Å². The van der Waals surface area contributed by atoms with E-state index in [-0.39, 0.29) is 31.7 Å². The molecule has 2 aromatic heterocycles. The third-order valence-corrected chi connectivity index (χ3v) is 13.0. The first-order chi connectivity index (χ1) is 26.7. The van der Waals surface area contributed by atoms with E-state index in [0.717, 1.165) is 4.88 Å². The molecule has 5 atom stereocenters. The molecule has 56 heavy (non-hydrogen) atoms. The minimum atomic E-state index is -4.56. The van der Waals surface area contributed by atoms with Gasteiger partial charge in [0.15, 0.2) is 0 Å². The van der Waals surface area contributed by atoms with Crippen LogP contribution in [0.4, 0.5) is 18.0 Å². The number of alkyl halides is 3. The Morgan fingerprint density at radius 3 is 2.52 bits per heavy atom. The van der Waals surface area contributed by atoms with E-state index in [9.17, 15) is 40.8 Å².